The topological polar surface area (TPSA) is 74.3 Å². The third-order valence-electron chi connectivity index (χ3n) is 2.19. The van der Waals surface area contributed by atoms with Crippen molar-refractivity contribution in [3.63, 3.8) is 0 Å². The summed E-state index contributed by atoms with van der Waals surface area (Å²) in [5, 5.41) is 8.69. The molecule has 0 aliphatic rings. The Balaban J connectivity index is 3.36. The summed E-state index contributed by atoms with van der Waals surface area (Å²) in [5.74, 6) is -0.272. The maximum Gasteiger partial charge on any atom is 0.284 e. The van der Waals surface area contributed by atoms with Gasteiger partial charge >= 0.3 is 0 Å². The molecule has 0 fully saturated rings. The molecular formula is C12H17N5O. The lowest BCUT2D eigenvalue weighted by atomic mass is 10.1. The molecule has 6 nitrogen and oxygen atoms in total. The van der Waals surface area contributed by atoms with Crippen molar-refractivity contribution in [3.8, 4) is 6.07 Å². The van der Waals surface area contributed by atoms with E-state index in [1.165, 1.54) is 6.33 Å². The molecule has 0 bridgehead atoms. The standard InChI is InChI=1S/C12H17N5O/c1-12(2,3)17-8-14-10(9(18)6-13)11(17)15-7-16(4)5/h7-8H,1-5H3/b15-7+. The van der Waals surface area contributed by atoms with Crippen molar-refractivity contribution in [1.82, 2.24) is 14.5 Å². The smallest absolute Gasteiger partial charge is 0.284 e. The molecule has 1 aromatic heterocycles. The number of hydrogen-bond acceptors (Lipinski definition) is 4. The molecule has 0 spiro atoms. The molecule has 18 heavy (non-hydrogen) atoms. The number of rotatable bonds is 3. The second-order valence-electron chi connectivity index (χ2n) is 5.11. The van der Waals surface area contributed by atoms with Crippen LogP contribution in [0.1, 0.15) is 31.3 Å². The van der Waals surface area contributed by atoms with Gasteiger partial charge in [-0.1, -0.05) is 0 Å². The third-order valence-corrected chi connectivity index (χ3v) is 2.19. The first-order valence-electron chi connectivity index (χ1n) is 5.50. The predicted octanol–water partition coefficient (Wildman–Crippen LogP) is 1.57. The molecule has 0 aromatic carbocycles. The van der Waals surface area contributed by atoms with Gasteiger partial charge in [-0.25, -0.2) is 9.98 Å². The van der Waals surface area contributed by atoms with Crippen molar-refractivity contribution in [3.05, 3.63) is 12.0 Å². The van der Waals surface area contributed by atoms with E-state index in [2.05, 4.69) is 9.98 Å². The Morgan fingerprint density at radius 3 is 2.61 bits per heavy atom. The number of Topliss-reactive ketones (excluding diaryl/α,β-unsaturated/α-hetero) is 1. The Kier molecular flexibility index (Phi) is 3.86. The molecule has 1 rings (SSSR count). The van der Waals surface area contributed by atoms with Gasteiger partial charge in [-0.2, -0.15) is 5.26 Å². The fraction of sp³-hybridized carbons (Fsp3) is 0.500. The van der Waals surface area contributed by atoms with Gasteiger partial charge < -0.3 is 9.47 Å². The first kappa shape index (κ1) is 13.9. The van der Waals surface area contributed by atoms with Crippen molar-refractivity contribution in [2.45, 2.75) is 26.3 Å². The van der Waals surface area contributed by atoms with Crippen LogP contribution in [0.15, 0.2) is 11.3 Å². The summed E-state index contributed by atoms with van der Waals surface area (Å²) >= 11 is 0. The van der Waals surface area contributed by atoms with Gasteiger partial charge in [-0.15, -0.1) is 0 Å². The molecule has 96 valence electrons. The number of aliphatic imine (C=N–C) groups is 1. The van der Waals surface area contributed by atoms with E-state index in [-0.39, 0.29) is 11.2 Å². The highest BCUT2D eigenvalue weighted by Crippen LogP contribution is 2.26. The lowest BCUT2D eigenvalue weighted by molar-refractivity contribution is 0.105. The maximum atomic E-state index is 11.5. The van der Waals surface area contributed by atoms with Crippen LogP contribution in [-0.2, 0) is 5.54 Å². The van der Waals surface area contributed by atoms with Crippen LogP contribution < -0.4 is 0 Å². The number of imidazole rings is 1. The number of carbonyl (C=O) groups excluding carboxylic acids is 1. The van der Waals surface area contributed by atoms with E-state index in [9.17, 15) is 4.79 Å². The largest absolute Gasteiger partial charge is 0.369 e. The van der Waals surface area contributed by atoms with Crippen molar-refractivity contribution < 1.29 is 4.79 Å². The van der Waals surface area contributed by atoms with Crippen molar-refractivity contribution in [1.29, 1.82) is 5.26 Å². The highest BCUT2D eigenvalue weighted by Gasteiger charge is 2.23. The molecule has 6 heteroatoms. The van der Waals surface area contributed by atoms with Crippen LogP contribution in [0.4, 0.5) is 5.82 Å². The molecular weight excluding hydrogens is 230 g/mol. The summed E-state index contributed by atoms with van der Waals surface area (Å²) in [7, 11) is 3.65. The van der Waals surface area contributed by atoms with E-state index >= 15 is 0 Å². The van der Waals surface area contributed by atoms with Gasteiger partial charge in [0.05, 0.1) is 12.7 Å². The number of nitriles is 1. The fourth-order valence-electron chi connectivity index (χ4n) is 1.34. The minimum Gasteiger partial charge on any atom is -0.369 e. The Hall–Kier alpha value is -2.16. The monoisotopic (exact) mass is 247 g/mol. The molecule has 0 amide bonds. The molecule has 0 aliphatic carbocycles. The minimum atomic E-state index is -0.677. The lowest BCUT2D eigenvalue weighted by Crippen LogP contribution is -2.21. The number of aromatic nitrogens is 2. The molecule has 0 aliphatic heterocycles. The normalized spacial score (nSPS) is 11.6. The summed E-state index contributed by atoms with van der Waals surface area (Å²) in [5.41, 5.74) is -0.175. The van der Waals surface area contributed by atoms with Gasteiger partial charge in [0.1, 0.15) is 6.07 Å². The summed E-state index contributed by atoms with van der Waals surface area (Å²) in [6.45, 7) is 5.93. The van der Waals surface area contributed by atoms with Gasteiger partial charge in [-0.05, 0) is 20.8 Å². The Bertz CT molecular complexity index is 514. The highest BCUT2D eigenvalue weighted by atomic mass is 16.1. The van der Waals surface area contributed by atoms with Gasteiger partial charge in [0, 0.05) is 19.6 Å². The number of ketones is 1. The third kappa shape index (κ3) is 2.94. The zero-order chi connectivity index (χ0) is 13.9. The predicted molar refractivity (Wildman–Crippen MR) is 69.0 cm³/mol. The quantitative estimate of drug-likeness (QED) is 0.351. The van der Waals surface area contributed by atoms with E-state index in [1.54, 1.807) is 21.9 Å². The summed E-state index contributed by atoms with van der Waals surface area (Å²) < 4.78 is 1.78. The molecule has 1 aromatic rings. The van der Waals surface area contributed by atoms with E-state index in [0.717, 1.165) is 0 Å². The number of hydrogen-bond donors (Lipinski definition) is 0. The van der Waals surface area contributed by atoms with Gasteiger partial charge in [0.25, 0.3) is 5.78 Å². The van der Waals surface area contributed by atoms with Crippen LogP contribution in [0.2, 0.25) is 0 Å². The molecule has 0 radical (unpaired) electrons. The molecule has 0 saturated carbocycles. The van der Waals surface area contributed by atoms with E-state index in [4.69, 9.17) is 5.26 Å². The van der Waals surface area contributed by atoms with Crippen LogP contribution in [-0.4, -0.2) is 40.7 Å². The fourth-order valence-corrected chi connectivity index (χ4v) is 1.34. The van der Waals surface area contributed by atoms with E-state index < -0.39 is 5.78 Å². The zero-order valence-corrected chi connectivity index (χ0v) is 11.3. The Morgan fingerprint density at radius 2 is 2.17 bits per heavy atom. The van der Waals surface area contributed by atoms with Crippen LogP contribution in [0, 0.1) is 11.3 Å². The Morgan fingerprint density at radius 1 is 1.56 bits per heavy atom. The lowest BCUT2D eigenvalue weighted by Gasteiger charge is -2.22. The summed E-state index contributed by atoms with van der Waals surface area (Å²) in [6.07, 6.45) is 3.11. The molecule has 0 atom stereocenters. The molecule has 0 saturated heterocycles. The van der Waals surface area contributed by atoms with Crippen molar-refractivity contribution >= 4 is 17.9 Å². The summed E-state index contributed by atoms with van der Waals surface area (Å²) in [4.78, 5) is 21.5. The van der Waals surface area contributed by atoms with Crippen LogP contribution >= 0.6 is 0 Å². The first-order chi connectivity index (χ1) is 8.27. The zero-order valence-electron chi connectivity index (χ0n) is 11.3. The van der Waals surface area contributed by atoms with E-state index in [0.29, 0.717) is 5.82 Å². The second-order valence-corrected chi connectivity index (χ2v) is 5.11. The van der Waals surface area contributed by atoms with Crippen molar-refractivity contribution in [2.75, 3.05) is 14.1 Å². The van der Waals surface area contributed by atoms with E-state index in [1.807, 2.05) is 34.9 Å². The average Bonchev–Trinajstić information content (AvgIpc) is 2.68. The van der Waals surface area contributed by atoms with Crippen LogP contribution in [0.5, 0.6) is 0 Å². The second kappa shape index (κ2) is 5.00. The van der Waals surface area contributed by atoms with Crippen LogP contribution in [0.3, 0.4) is 0 Å². The highest BCUT2D eigenvalue weighted by molar-refractivity contribution is 6.09. The SMILES string of the molecule is CN(C)/C=N/c1c(C(=O)C#N)ncn1C(C)(C)C. The average molecular weight is 247 g/mol. The Labute approximate surface area is 107 Å². The van der Waals surface area contributed by atoms with Gasteiger partial charge in [0.2, 0.25) is 0 Å². The van der Waals surface area contributed by atoms with Gasteiger partial charge in [0.15, 0.2) is 11.5 Å². The maximum absolute atomic E-state index is 11.5. The number of carbonyl (C=O) groups is 1. The van der Waals surface area contributed by atoms with Crippen molar-refractivity contribution in [2.24, 2.45) is 4.99 Å². The minimum absolute atomic E-state index is 0.0884. The summed E-state index contributed by atoms with van der Waals surface area (Å²) in [6, 6.07) is 1.57. The molecule has 0 unspecified atom stereocenters. The number of nitrogens with zero attached hydrogens (tertiary/aromatic N) is 5. The first-order valence-corrected chi connectivity index (χ1v) is 5.50. The van der Waals surface area contributed by atoms with Gasteiger partial charge in [-0.3, -0.25) is 4.79 Å². The molecule has 1 heterocycles. The van der Waals surface area contributed by atoms with Crippen LogP contribution in [0.25, 0.3) is 0 Å². The molecule has 0 N–H and O–H groups in total.